The highest BCUT2D eigenvalue weighted by Crippen LogP contribution is 2.43. The number of halogens is 2. The van der Waals surface area contributed by atoms with Crippen LogP contribution in [-0.2, 0) is 0 Å². The summed E-state index contributed by atoms with van der Waals surface area (Å²) in [6, 6.07) is 11.9. The lowest BCUT2D eigenvalue weighted by molar-refractivity contribution is 0.309. The molecule has 0 saturated carbocycles. The second-order valence-corrected chi connectivity index (χ2v) is 5.26. The van der Waals surface area contributed by atoms with Crippen LogP contribution in [-0.4, -0.2) is 10.3 Å². The number of fused-ring (bicyclic) bond motifs is 1. The third-order valence-electron chi connectivity index (χ3n) is 3.81. The molecule has 1 aliphatic heterocycles. The molecule has 4 N–H and O–H groups in total. The lowest BCUT2D eigenvalue weighted by atomic mass is 10.2. The first-order valence-corrected chi connectivity index (χ1v) is 7.26. The summed E-state index contributed by atoms with van der Waals surface area (Å²) >= 11 is 0. The fourth-order valence-corrected chi connectivity index (χ4v) is 2.67. The molecule has 0 amide bonds. The maximum atomic E-state index is 14.2. The van der Waals surface area contributed by atoms with Crippen LogP contribution in [0, 0.1) is 11.6 Å². The van der Waals surface area contributed by atoms with Crippen molar-refractivity contribution in [1.82, 2.24) is 10.3 Å². The van der Waals surface area contributed by atoms with Crippen LogP contribution < -0.4 is 21.3 Å². The van der Waals surface area contributed by atoms with E-state index in [0.717, 1.165) is 0 Å². The van der Waals surface area contributed by atoms with Gasteiger partial charge in [0.25, 0.3) is 0 Å². The molecule has 2 aromatic carbocycles. The summed E-state index contributed by atoms with van der Waals surface area (Å²) in [4.78, 5) is 2.54. The van der Waals surface area contributed by atoms with Crippen molar-refractivity contribution in [3.8, 4) is 0 Å². The minimum Gasteiger partial charge on any atom is -0.382 e. The third-order valence-corrected chi connectivity index (χ3v) is 3.81. The van der Waals surface area contributed by atoms with Gasteiger partial charge in [0.2, 0.25) is 11.6 Å². The average molecular weight is 342 g/mol. The van der Waals surface area contributed by atoms with Crippen molar-refractivity contribution in [3.05, 3.63) is 71.8 Å². The Balaban J connectivity index is 1.94. The molecule has 1 aliphatic rings. The zero-order valence-corrected chi connectivity index (χ0v) is 12.7. The van der Waals surface area contributed by atoms with Gasteiger partial charge in [-0.05, 0) is 34.6 Å². The SMILES string of the molecule is NC1=C(N)N(c2ccccc2F)c2nonc2N1c1ccccc1F. The van der Waals surface area contributed by atoms with E-state index in [1.165, 1.54) is 34.1 Å². The molecule has 9 heteroatoms. The normalized spacial score (nSPS) is 14.0. The quantitative estimate of drug-likeness (QED) is 0.739. The Hall–Kier alpha value is -3.62. The molecular weight excluding hydrogens is 330 g/mol. The van der Waals surface area contributed by atoms with E-state index in [1.54, 1.807) is 24.3 Å². The molecule has 1 aromatic heterocycles. The molecule has 4 rings (SSSR count). The number of hydrogen-bond donors (Lipinski definition) is 2. The molecule has 2 heterocycles. The molecule has 0 unspecified atom stereocenters. The number of para-hydroxylation sites is 2. The van der Waals surface area contributed by atoms with Gasteiger partial charge in [0.05, 0.1) is 11.4 Å². The highest BCUT2D eigenvalue weighted by atomic mass is 19.1. The summed E-state index contributed by atoms with van der Waals surface area (Å²) in [6.45, 7) is 0. The first kappa shape index (κ1) is 14.9. The predicted octanol–water partition coefficient (Wildman–Crippen LogP) is 2.68. The second-order valence-electron chi connectivity index (χ2n) is 5.26. The number of rotatable bonds is 2. The molecule has 0 bridgehead atoms. The number of aromatic nitrogens is 2. The van der Waals surface area contributed by atoms with Crippen LogP contribution in [0.15, 0.2) is 64.8 Å². The predicted molar refractivity (Wildman–Crippen MR) is 86.8 cm³/mol. The van der Waals surface area contributed by atoms with Gasteiger partial charge >= 0.3 is 0 Å². The molecule has 0 saturated heterocycles. The fourth-order valence-electron chi connectivity index (χ4n) is 2.67. The Morgan fingerprint density at radius 1 is 0.720 bits per heavy atom. The molecule has 25 heavy (non-hydrogen) atoms. The van der Waals surface area contributed by atoms with Crippen molar-refractivity contribution in [1.29, 1.82) is 0 Å². The smallest absolute Gasteiger partial charge is 0.229 e. The van der Waals surface area contributed by atoms with Crippen molar-refractivity contribution in [2.24, 2.45) is 11.5 Å². The average Bonchev–Trinajstić information content (AvgIpc) is 3.07. The number of nitrogens with two attached hydrogens (primary N) is 2. The molecule has 0 radical (unpaired) electrons. The van der Waals surface area contributed by atoms with E-state index in [2.05, 4.69) is 10.3 Å². The monoisotopic (exact) mass is 342 g/mol. The van der Waals surface area contributed by atoms with Crippen LogP contribution in [0.5, 0.6) is 0 Å². The lowest BCUT2D eigenvalue weighted by Crippen LogP contribution is -2.39. The second kappa shape index (κ2) is 5.48. The Kier molecular flexibility index (Phi) is 3.27. The van der Waals surface area contributed by atoms with Crippen LogP contribution >= 0.6 is 0 Å². The first-order valence-electron chi connectivity index (χ1n) is 7.26. The van der Waals surface area contributed by atoms with E-state index in [0.29, 0.717) is 0 Å². The van der Waals surface area contributed by atoms with Gasteiger partial charge in [0.1, 0.15) is 11.6 Å². The molecule has 0 spiro atoms. The van der Waals surface area contributed by atoms with Gasteiger partial charge in [-0.3, -0.25) is 9.80 Å². The minimum absolute atomic E-state index is 0.0310. The third kappa shape index (κ3) is 2.17. The number of nitrogens with zero attached hydrogens (tertiary/aromatic N) is 4. The zero-order valence-electron chi connectivity index (χ0n) is 12.7. The van der Waals surface area contributed by atoms with Crippen molar-refractivity contribution in [2.75, 3.05) is 9.80 Å². The number of benzene rings is 2. The van der Waals surface area contributed by atoms with Crippen LogP contribution in [0.3, 0.4) is 0 Å². The van der Waals surface area contributed by atoms with Gasteiger partial charge in [-0.25, -0.2) is 13.4 Å². The van der Waals surface area contributed by atoms with Gasteiger partial charge in [-0.2, -0.15) is 0 Å². The Morgan fingerprint density at radius 3 is 1.52 bits per heavy atom. The van der Waals surface area contributed by atoms with E-state index in [9.17, 15) is 8.78 Å². The summed E-state index contributed by atoms with van der Waals surface area (Å²) in [6.07, 6.45) is 0. The van der Waals surface area contributed by atoms with Crippen LogP contribution in [0.1, 0.15) is 0 Å². The van der Waals surface area contributed by atoms with Gasteiger partial charge in [0.15, 0.2) is 11.6 Å². The maximum Gasteiger partial charge on any atom is 0.229 e. The number of hydrogen-bond acceptors (Lipinski definition) is 7. The van der Waals surface area contributed by atoms with Crippen molar-refractivity contribution in [3.63, 3.8) is 0 Å². The highest BCUT2D eigenvalue weighted by Gasteiger charge is 2.36. The maximum absolute atomic E-state index is 14.2. The molecule has 7 nitrogen and oxygen atoms in total. The molecule has 0 aliphatic carbocycles. The van der Waals surface area contributed by atoms with Crippen molar-refractivity contribution < 1.29 is 13.4 Å². The molecular formula is C16H12F2N6O. The Bertz CT molecular complexity index is 910. The largest absolute Gasteiger partial charge is 0.382 e. The summed E-state index contributed by atoms with van der Waals surface area (Å²) in [7, 11) is 0. The molecule has 126 valence electrons. The fraction of sp³-hybridized carbons (Fsp3) is 0. The van der Waals surface area contributed by atoms with E-state index in [4.69, 9.17) is 16.1 Å². The summed E-state index contributed by atoms with van der Waals surface area (Å²) < 4.78 is 33.3. The van der Waals surface area contributed by atoms with Crippen molar-refractivity contribution >= 4 is 23.0 Å². The van der Waals surface area contributed by atoms with Gasteiger partial charge in [-0.1, -0.05) is 24.3 Å². The topological polar surface area (TPSA) is 97.4 Å². The van der Waals surface area contributed by atoms with E-state index in [1.807, 2.05) is 0 Å². The lowest BCUT2D eigenvalue weighted by Gasteiger charge is -2.34. The first-order chi connectivity index (χ1) is 12.1. The molecule has 0 atom stereocenters. The van der Waals surface area contributed by atoms with Gasteiger partial charge in [0, 0.05) is 0 Å². The highest BCUT2D eigenvalue weighted by molar-refractivity contribution is 5.83. The summed E-state index contributed by atoms with van der Waals surface area (Å²) in [5, 5.41) is 7.57. The van der Waals surface area contributed by atoms with Gasteiger partial charge in [-0.15, -0.1) is 0 Å². The van der Waals surface area contributed by atoms with Gasteiger partial charge < -0.3 is 11.5 Å². The Labute approximate surface area is 140 Å². The van der Waals surface area contributed by atoms with E-state index < -0.39 is 11.6 Å². The minimum atomic E-state index is -0.536. The standard InChI is InChI=1S/C16H12F2N6O/c17-9-5-1-3-7-11(9)23-13(19)14(20)24(16-15(23)21-25-22-16)12-8-4-2-6-10(12)18/h1-8H,19-20H2. The number of anilines is 4. The van der Waals surface area contributed by atoms with Crippen molar-refractivity contribution in [2.45, 2.75) is 0 Å². The summed E-state index contributed by atoms with van der Waals surface area (Å²) in [5.41, 5.74) is 12.5. The Morgan fingerprint density at radius 2 is 1.12 bits per heavy atom. The van der Waals surface area contributed by atoms with E-state index >= 15 is 0 Å². The van der Waals surface area contributed by atoms with Crippen LogP contribution in [0.4, 0.5) is 31.8 Å². The molecule has 0 fully saturated rings. The van der Waals surface area contributed by atoms with E-state index in [-0.39, 0.29) is 34.7 Å². The summed E-state index contributed by atoms with van der Waals surface area (Å²) in [5.74, 6) is -0.939. The zero-order chi connectivity index (χ0) is 17.6. The van der Waals surface area contributed by atoms with Crippen LogP contribution in [0.25, 0.3) is 0 Å². The molecule has 3 aromatic rings. The van der Waals surface area contributed by atoms with Crippen LogP contribution in [0.2, 0.25) is 0 Å².